The van der Waals surface area contributed by atoms with Crippen molar-refractivity contribution < 1.29 is 18.0 Å². The van der Waals surface area contributed by atoms with E-state index in [4.69, 9.17) is 5.73 Å². The SMILES string of the molecule is Cc1ccc(N)c(C(=O)N(CC(C)C)CC(F)(F)F)c1. The highest BCUT2D eigenvalue weighted by atomic mass is 19.4. The maximum Gasteiger partial charge on any atom is 0.406 e. The van der Waals surface area contributed by atoms with E-state index in [1.54, 1.807) is 26.8 Å². The predicted molar refractivity (Wildman–Crippen MR) is 72.4 cm³/mol. The number of carbonyl (C=O) groups excluding carboxylic acids is 1. The fourth-order valence-electron chi connectivity index (χ4n) is 1.90. The van der Waals surface area contributed by atoms with E-state index in [1.165, 1.54) is 12.1 Å². The van der Waals surface area contributed by atoms with Gasteiger partial charge in [0.05, 0.1) is 5.56 Å². The van der Waals surface area contributed by atoms with Gasteiger partial charge in [0.2, 0.25) is 0 Å². The van der Waals surface area contributed by atoms with E-state index < -0.39 is 18.6 Å². The van der Waals surface area contributed by atoms with Crippen molar-refractivity contribution in [2.24, 2.45) is 5.92 Å². The summed E-state index contributed by atoms with van der Waals surface area (Å²) in [5.74, 6) is -0.746. The largest absolute Gasteiger partial charge is 0.406 e. The Balaban J connectivity index is 3.06. The molecule has 20 heavy (non-hydrogen) atoms. The fraction of sp³-hybridized carbons (Fsp3) is 0.500. The van der Waals surface area contributed by atoms with Crippen molar-refractivity contribution in [1.82, 2.24) is 4.90 Å². The number of nitrogens with two attached hydrogens (primary N) is 1. The number of hydrogen-bond acceptors (Lipinski definition) is 2. The first-order valence-electron chi connectivity index (χ1n) is 6.32. The van der Waals surface area contributed by atoms with Gasteiger partial charge in [0, 0.05) is 12.2 Å². The van der Waals surface area contributed by atoms with Gasteiger partial charge in [-0.15, -0.1) is 0 Å². The monoisotopic (exact) mass is 288 g/mol. The average Bonchev–Trinajstić information content (AvgIpc) is 2.28. The highest BCUT2D eigenvalue weighted by Crippen LogP contribution is 2.22. The van der Waals surface area contributed by atoms with Crippen LogP contribution in [0, 0.1) is 12.8 Å². The number of alkyl halides is 3. The van der Waals surface area contributed by atoms with Crippen molar-refractivity contribution in [1.29, 1.82) is 0 Å². The van der Waals surface area contributed by atoms with Crippen molar-refractivity contribution in [3.05, 3.63) is 29.3 Å². The third-order valence-electron chi connectivity index (χ3n) is 2.68. The second-order valence-electron chi connectivity index (χ2n) is 5.29. The second-order valence-corrected chi connectivity index (χ2v) is 5.29. The molecule has 112 valence electrons. The molecule has 1 amide bonds. The molecular formula is C14H19F3N2O. The van der Waals surface area contributed by atoms with E-state index in [-0.39, 0.29) is 23.7 Å². The van der Waals surface area contributed by atoms with Crippen LogP contribution < -0.4 is 5.73 Å². The molecule has 0 heterocycles. The molecule has 2 N–H and O–H groups in total. The molecule has 0 saturated carbocycles. The number of nitrogens with zero attached hydrogens (tertiary/aromatic N) is 1. The third-order valence-corrected chi connectivity index (χ3v) is 2.68. The highest BCUT2D eigenvalue weighted by Gasteiger charge is 2.34. The summed E-state index contributed by atoms with van der Waals surface area (Å²) < 4.78 is 37.8. The van der Waals surface area contributed by atoms with Crippen LogP contribution in [-0.2, 0) is 0 Å². The van der Waals surface area contributed by atoms with E-state index >= 15 is 0 Å². The predicted octanol–water partition coefficient (Wildman–Crippen LogP) is 3.24. The first-order chi connectivity index (χ1) is 9.10. The molecule has 0 spiro atoms. The van der Waals surface area contributed by atoms with Gasteiger partial charge in [0.15, 0.2) is 0 Å². The lowest BCUT2D eigenvalue weighted by Crippen LogP contribution is -2.41. The number of amides is 1. The lowest BCUT2D eigenvalue weighted by molar-refractivity contribution is -0.141. The van der Waals surface area contributed by atoms with Gasteiger partial charge in [-0.05, 0) is 25.0 Å². The molecule has 0 aromatic heterocycles. The zero-order valence-corrected chi connectivity index (χ0v) is 11.8. The van der Waals surface area contributed by atoms with Crippen LogP contribution >= 0.6 is 0 Å². The molecule has 1 rings (SSSR count). The number of rotatable bonds is 4. The van der Waals surface area contributed by atoms with Gasteiger partial charge in [-0.2, -0.15) is 13.2 Å². The van der Waals surface area contributed by atoms with Gasteiger partial charge in [-0.25, -0.2) is 0 Å². The molecule has 0 bridgehead atoms. The van der Waals surface area contributed by atoms with Gasteiger partial charge in [-0.1, -0.05) is 25.5 Å². The van der Waals surface area contributed by atoms with Gasteiger partial charge >= 0.3 is 6.18 Å². The maximum atomic E-state index is 12.6. The van der Waals surface area contributed by atoms with E-state index in [0.29, 0.717) is 0 Å². The zero-order chi connectivity index (χ0) is 15.5. The summed E-state index contributed by atoms with van der Waals surface area (Å²) in [6.45, 7) is 4.04. The number of anilines is 1. The summed E-state index contributed by atoms with van der Waals surface area (Å²) in [6, 6.07) is 4.76. The van der Waals surface area contributed by atoms with E-state index in [0.717, 1.165) is 10.5 Å². The van der Waals surface area contributed by atoms with Crippen molar-refractivity contribution >= 4 is 11.6 Å². The molecule has 0 unspecified atom stereocenters. The lowest BCUT2D eigenvalue weighted by atomic mass is 10.1. The molecule has 0 aliphatic heterocycles. The number of carbonyl (C=O) groups is 1. The Morgan fingerprint density at radius 1 is 1.35 bits per heavy atom. The van der Waals surface area contributed by atoms with Crippen LogP contribution in [0.5, 0.6) is 0 Å². The van der Waals surface area contributed by atoms with Crippen LogP contribution in [0.3, 0.4) is 0 Å². The van der Waals surface area contributed by atoms with E-state index in [1.807, 2.05) is 0 Å². The molecule has 0 saturated heterocycles. The molecule has 0 fully saturated rings. The minimum Gasteiger partial charge on any atom is -0.398 e. The van der Waals surface area contributed by atoms with Crippen molar-refractivity contribution in [2.45, 2.75) is 26.9 Å². The van der Waals surface area contributed by atoms with Crippen LogP contribution in [-0.4, -0.2) is 30.1 Å². The van der Waals surface area contributed by atoms with Crippen LogP contribution in [0.4, 0.5) is 18.9 Å². The summed E-state index contributed by atoms with van der Waals surface area (Å²) in [5.41, 5.74) is 6.78. The first kappa shape index (κ1) is 16.3. The number of benzene rings is 1. The number of nitrogen functional groups attached to an aromatic ring is 1. The molecule has 1 aromatic carbocycles. The Bertz CT molecular complexity index is 484. The van der Waals surface area contributed by atoms with Gasteiger partial charge in [0.25, 0.3) is 5.91 Å². The van der Waals surface area contributed by atoms with Gasteiger partial charge in [-0.3, -0.25) is 4.79 Å². The molecule has 3 nitrogen and oxygen atoms in total. The van der Waals surface area contributed by atoms with Crippen molar-refractivity contribution in [3.63, 3.8) is 0 Å². The molecule has 0 aliphatic carbocycles. The number of hydrogen-bond donors (Lipinski definition) is 1. The minimum atomic E-state index is -4.43. The summed E-state index contributed by atoms with van der Waals surface area (Å²) in [6.07, 6.45) is -4.43. The average molecular weight is 288 g/mol. The Morgan fingerprint density at radius 3 is 2.45 bits per heavy atom. The maximum absolute atomic E-state index is 12.6. The van der Waals surface area contributed by atoms with E-state index in [2.05, 4.69) is 0 Å². The molecular weight excluding hydrogens is 269 g/mol. The molecule has 0 radical (unpaired) electrons. The minimum absolute atomic E-state index is 0.0335. The fourth-order valence-corrected chi connectivity index (χ4v) is 1.90. The Kier molecular flexibility index (Phi) is 5.03. The normalized spacial score (nSPS) is 11.8. The Morgan fingerprint density at radius 2 is 1.95 bits per heavy atom. The smallest absolute Gasteiger partial charge is 0.398 e. The van der Waals surface area contributed by atoms with Gasteiger partial charge < -0.3 is 10.6 Å². The molecule has 1 aromatic rings. The molecule has 6 heteroatoms. The zero-order valence-electron chi connectivity index (χ0n) is 11.8. The third kappa shape index (κ3) is 4.75. The van der Waals surface area contributed by atoms with Crippen LogP contribution in [0.2, 0.25) is 0 Å². The summed E-state index contributed by atoms with van der Waals surface area (Å²) >= 11 is 0. The Labute approximate surface area is 116 Å². The lowest BCUT2D eigenvalue weighted by Gasteiger charge is -2.26. The number of halogens is 3. The van der Waals surface area contributed by atoms with Crippen LogP contribution in [0.25, 0.3) is 0 Å². The summed E-state index contributed by atoms with van der Waals surface area (Å²) in [7, 11) is 0. The summed E-state index contributed by atoms with van der Waals surface area (Å²) in [5, 5.41) is 0. The van der Waals surface area contributed by atoms with Crippen LogP contribution in [0.15, 0.2) is 18.2 Å². The topological polar surface area (TPSA) is 46.3 Å². The molecule has 0 atom stereocenters. The quantitative estimate of drug-likeness (QED) is 0.865. The second kappa shape index (κ2) is 6.15. The van der Waals surface area contributed by atoms with E-state index in [9.17, 15) is 18.0 Å². The standard InChI is InChI=1S/C14H19F3N2O/c1-9(2)7-19(8-14(15,16)17)13(20)11-6-10(3)4-5-12(11)18/h4-6,9H,7-8,18H2,1-3H3. The van der Waals surface area contributed by atoms with Crippen molar-refractivity contribution in [3.8, 4) is 0 Å². The van der Waals surface area contributed by atoms with Crippen molar-refractivity contribution in [2.75, 3.05) is 18.8 Å². The summed E-state index contributed by atoms with van der Waals surface area (Å²) in [4.78, 5) is 13.1. The molecule has 0 aliphatic rings. The Hall–Kier alpha value is -1.72. The number of aryl methyl sites for hydroxylation is 1. The van der Waals surface area contributed by atoms with Gasteiger partial charge in [0.1, 0.15) is 6.54 Å². The van der Waals surface area contributed by atoms with Crippen LogP contribution in [0.1, 0.15) is 29.8 Å². The highest BCUT2D eigenvalue weighted by molar-refractivity contribution is 5.99. The first-order valence-corrected chi connectivity index (χ1v) is 6.32.